The van der Waals surface area contributed by atoms with Gasteiger partial charge in [0.25, 0.3) is 0 Å². The van der Waals surface area contributed by atoms with Crippen LogP contribution >= 0.6 is 11.6 Å². The molecule has 0 radical (unpaired) electrons. The second kappa shape index (κ2) is 6.30. The number of benzene rings is 3. The van der Waals surface area contributed by atoms with E-state index >= 15 is 0 Å². The van der Waals surface area contributed by atoms with E-state index in [-0.39, 0.29) is 0 Å². The largest absolute Gasteiger partial charge is 0.306 e. The fourth-order valence-electron chi connectivity index (χ4n) is 2.49. The quantitative estimate of drug-likeness (QED) is 0.684. The lowest BCUT2D eigenvalue weighted by atomic mass is 10.1. The van der Waals surface area contributed by atoms with E-state index in [1.807, 2.05) is 12.1 Å². The smallest absolute Gasteiger partial charge is 0.0406 e. The molecular formula is C19H18ClN. The van der Waals surface area contributed by atoms with Crippen LogP contribution in [-0.2, 0) is 6.54 Å². The second-order valence-corrected chi connectivity index (χ2v) is 5.77. The molecule has 0 aromatic heterocycles. The molecule has 3 aromatic rings. The summed E-state index contributed by atoms with van der Waals surface area (Å²) < 4.78 is 0. The molecule has 1 nitrogen and oxygen atoms in total. The Bertz CT molecular complexity index is 734. The van der Waals surface area contributed by atoms with Crippen molar-refractivity contribution >= 4 is 22.4 Å². The van der Waals surface area contributed by atoms with Crippen molar-refractivity contribution < 1.29 is 0 Å². The minimum absolute atomic E-state index is 0.300. The van der Waals surface area contributed by atoms with E-state index in [9.17, 15) is 0 Å². The summed E-state index contributed by atoms with van der Waals surface area (Å²) in [6.45, 7) is 3.03. The minimum atomic E-state index is 0.300. The van der Waals surface area contributed by atoms with E-state index in [1.165, 1.54) is 21.9 Å². The summed E-state index contributed by atoms with van der Waals surface area (Å²) in [4.78, 5) is 0. The van der Waals surface area contributed by atoms with Gasteiger partial charge in [0.15, 0.2) is 0 Å². The zero-order valence-corrected chi connectivity index (χ0v) is 12.8. The van der Waals surface area contributed by atoms with Crippen LogP contribution in [-0.4, -0.2) is 0 Å². The van der Waals surface area contributed by atoms with Gasteiger partial charge in [-0.25, -0.2) is 0 Å². The van der Waals surface area contributed by atoms with E-state index in [0.717, 1.165) is 11.6 Å². The Morgan fingerprint density at radius 3 is 2.38 bits per heavy atom. The van der Waals surface area contributed by atoms with Gasteiger partial charge in [0.1, 0.15) is 0 Å². The van der Waals surface area contributed by atoms with Crippen LogP contribution < -0.4 is 5.32 Å². The van der Waals surface area contributed by atoms with Crippen molar-refractivity contribution in [2.75, 3.05) is 0 Å². The SMILES string of the molecule is C[C@@H](NCc1ccc2ccccc2c1)c1ccc(Cl)cc1. The summed E-state index contributed by atoms with van der Waals surface area (Å²) in [6, 6.07) is 23.4. The van der Waals surface area contributed by atoms with Gasteiger partial charge in [0.2, 0.25) is 0 Å². The molecule has 106 valence electrons. The van der Waals surface area contributed by atoms with Crippen molar-refractivity contribution in [1.29, 1.82) is 0 Å². The number of halogens is 1. The molecular weight excluding hydrogens is 278 g/mol. The number of rotatable bonds is 4. The highest BCUT2D eigenvalue weighted by Gasteiger charge is 2.05. The summed E-state index contributed by atoms with van der Waals surface area (Å²) >= 11 is 5.92. The number of hydrogen-bond donors (Lipinski definition) is 1. The highest BCUT2D eigenvalue weighted by Crippen LogP contribution is 2.18. The summed E-state index contributed by atoms with van der Waals surface area (Å²) in [5, 5.41) is 6.91. The van der Waals surface area contributed by atoms with Gasteiger partial charge in [-0.2, -0.15) is 0 Å². The average Bonchev–Trinajstić information content (AvgIpc) is 2.53. The lowest BCUT2D eigenvalue weighted by Gasteiger charge is -2.14. The van der Waals surface area contributed by atoms with Crippen molar-refractivity contribution in [2.45, 2.75) is 19.5 Å². The topological polar surface area (TPSA) is 12.0 Å². The molecule has 0 saturated heterocycles. The maximum atomic E-state index is 5.92. The Balaban J connectivity index is 1.69. The second-order valence-electron chi connectivity index (χ2n) is 5.34. The molecule has 0 spiro atoms. The highest BCUT2D eigenvalue weighted by molar-refractivity contribution is 6.30. The molecule has 0 bridgehead atoms. The molecule has 0 aliphatic carbocycles. The zero-order valence-electron chi connectivity index (χ0n) is 12.0. The fourth-order valence-corrected chi connectivity index (χ4v) is 2.61. The van der Waals surface area contributed by atoms with E-state index in [0.29, 0.717) is 6.04 Å². The molecule has 0 aliphatic rings. The molecule has 0 heterocycles. The Hall–Kier alpha value is -1.83. The molecule has 0 amide bonds. The third-order valence-corrected chi connectivity index (χ3v) is 4.05. The van der Waals surface area contributed by atoms with Crippen molar-refractivity contribution in [3.63, 3.8) is 0 Å². The molecule has 21 heavy (non-hydrogen) atoms. The van der Waals surface area contributed by atoms with Gasteiger partial charge >= 0.3 is 0 Å². The van der Waals surface area contributed by atoms with Crippen LogP contribution in [0.5, 0.6) is 0 Å². The molecule has 2 heteroatoms. The summed E-state index contributed by atoms with van der Waals surface area (Å²) in [5.41, 5.74) is 2.55. The first-order valence-electron chi connectivity index (χ1n) is 7.19. The Labute approximate surface area is 130 Å². The van der Waals surface area contributed by atoms with Crippen LogP contribution in [0.2, 0.25) is 5.02 Å². The Kier molecular flexibility index (Phi) is 4.23. The predicted molar refractivity (Wildman–Crippen MR) is 90.7 cm³/mol. The van der Waals surface area contributed by atoms with E-state index < -0.39 is 0 Å². The highest BCUT2D eigenvalue weighted by atomic mass is 35.5. The third kappa shape index (κ3) is 3.44. The number of hydrogen-bond acceptors (Lipinski definition) is 1. The summed E-state index contributed by atoms with van der Waals surface area (Å²) in [7, 11) is 0. The predicted octanol–water partition coefficient (Wildman–Crippen LogP) is 5.34. The molecule has 0 unspecified atom stereocenters. The average molecular weight is 296 g/mol. The first-order chi connectivity index (χ1) is 10.2. The normalized spacial score (nSPS) is 12.5. The third-order valence-electron chi connectivity index (χ3n) is 3.80. The van der Waals surface area contributed by atoms with E-state index in [2.05, 4.69) is 66.8 Å². The molecule has 1 atom stereocenters. The molecule has 3 aromatic carbocycles. The lowest BCUT2D eigenvalue weighted by Crippen LogP contribution is -2.17. The van der Waals surface area contributed by atoms with Crippen molar-refractivity contribution in [1.82, 2.24) is 5.32 Å². The van der Waals surface area contributed by atoms with E-state index in [1.54, 1.807) is 0 Å². The van der Waals surface area contributed by atoms with Crippen molar-refractivity contribution in [2.24, 2.45) is 0 Å². The summed E-state index contributed by atoms with van der Waals surface area (Å²) in [5.74, 6) is 0. The molecule has 0 saturated carbocycles. The van der Waals surface area contributed by atoms with Crippen molar-refractivity contribution in [3.8, 4) is 0 Å². The van der Waals surface area contributed by atoms with Gasteiger partial charge in [0, 0.05) is 17.6 Å². The van der Waals surface area contributed by atoms with Gasteiger partial charge in [-0.3, -0.25) is 0 Å². The maximum Gasteiger partial charge on any atom is 0.0406 e. The van der Waals surface area contributed by atoms with Gasteiger partial charge in [-0.1, -0.05) is 60.1 Å². The minimum Gasteiger partial charge on any atom is -0.306 e. The van der Waals surface area contributed by atoms with Crippen LogP contribution in [0, 0.1) is 0 Å². The van der Waals surface area contributed by atoms with Crippen LogP contribution in [0.15, 0.2) is 66.7 Å². The van der Waals surface area contributed by atoms with Gasteiger partial charge < -0.3 is 5.32 Å². The Morgan fingerprint density at radius 1 is 0.905 bits per heavy atom. The van der Waals surface area contributed by atoms with Gasteiger partial charge in [-0.15, -0.1) is 0 Å². The first-order valence-corrected chi connectivity index (χ1v) is 7.57. The molecule has 1 N–H and O–H groups in total. The number of nitrogens with one attached hydrogen (secondary N) is 1. The molecule has 0 fully saturated rings. The number of fused-ring (bicyclic) bond motifs is 1. The van der Waals surface area contributed by atoms with Gasteiger partial charge in [-0.05, 0) is 47.0 Å². The van der Waals surface area contributed by atoms with Crippen molar-refractivity contribution in [3.05, 3.63) is 82.9 Å². The van der Waals surface area contributed by atoms with Crippen LogP contribution in [0.1, 0.15) is 24.1 Å². The van der Waals surface area contributed by atoms with Gasteiger partial charge in [0.05, 0.1) is 0 Å². The maximum absolute atomic E-state index is 5.92. The fraction of sp³-hybridized carbons (Fsp3) is 0.158. The van der Waals surface area contributed by atoms with Crippen LogP contribution in [0.4, 0.5) is 0 Å². The van der Waals surface area contributed by atoms with E-state index in [4.69, 9.17) is 11.6 Å². The summed E-state index contributed by atoms with van der Waals surface area (Å²) in [6.07, 6.45) is 0. The molecule has 3 rings (SSSR count). The lowest BCUT2D eigenvalue weighted by molar-refractivity contribution is 0.575. The van der Waals surface area contributed by atoms with Crippen LogP contribution in [0.25, 0.3) is 10.8 Å². The zero-order chi connectivity index (χ0) is 14.7. The standard InChI is InChI=1S/C19H18ClN/c1-14(16-8-10-19(20)11-9-16)21-13-15-6-7-17-4-2-3-5-18(17)12-15/h2-12,14,21H,13H2,1H3/t14-/m1/s1. The monoisotopic (exact) mass is 295 g/mol. The first kappa shape index (κ1) is 14.1. The Morgan fingerprint density at radius 2 is 1.62 bits per heavy atom. The molecule has 0 aliphatic heterocycles. The van der Waals surface area contributed by atoms with Crippen LogP contribution in [0.3, 0.4) is 0 Å².